The Labute approximate surface area is 93.0 Å². The van der Waals surface area contributed by atoms with Crippen molar-refractivity contribution in [2.45, 2.75) is 32.4 Å². The van der Waals surface area contributed by atoms with Crippen molar-refractivity contribution in [3.63, 3.8) is 0 Å². The van der Waals surface area contributed by atoms with Crippen molar-refractivity contribution in [2.75, 3.05) is 13.7 Å². The highest BCUT2D eigenvalue weighted by Crippen LogP contribution is 2.11. The Balaban J connectivity index is 2.20. The topological polar surface area (TPSA) is 23.4 Å². The molecular formula is C11H21NO2Si. The van der Waals surface area contributed by atoms with E-state index in [1.807, 2.05) is 23.0 Å². The maximum Gasteiger partial charge on any atom is 0.136 e. The third-order valence-electron chi connectivity index (χ3n) is 2.20. The Morgan fingerprint density at radius 3 is 2.60 bits per heavy atom. The highest BCUT2D eigenvalue weighted by Gasteiger charge is 2.11. The van der Waals surface area contributed by atoms with Gasteiger partial charge in [-0.1, -0.05) is 19.6 Å². The Hall–Kier alpha value is -0.743. The van der Waals surface area contributed by atoms with Crippen LogP contribution in [0.5, 0.6) is 5.75 Å². The summed E-state index contributed by atoms with van der Waals surface area (Å²) in [7, 11) is 0.716. The average molecular weight is 227 g/mol. The largest absolute Gasteiger partial charge is 0.495 e. The maximum atomic E-state index is 5.60. The van der Waals surface area contributed by atoms with Crippen molar-refractivity contribution in [2.24, 2.45) is 0 Å². The summed E-state index contributed by atoms with van der Waals surface area (Å²) in [6.45, 7) is 8.54. The molecule has 0 N–H and O–H groups in total. The van der Waals surface area contributed by atoms with Gasteiger partial charge in [0, 0.05) is 27.1 Å². The molecule has 1 aromatic heterocycles. The van der Waals surface area contributed by atoms with E-state index in [1.54, 1.807) is 7.11 Å². The van der Waals surface area contributed by atoms with Gasteiger partial charge in [0.15, 0.2) is 0 Å². The van der Waals surface area contributed by atoms with Gasteiger partial charge in [-0.25, -0.2) is 0 Å². The van der Waals surface area contributed by atoms with Gasteiger partial charge in [0.25, 0.3) is 0 Å². The van der Waals surface area contributed by atoms with E-state index >= 15 is 0 Å². The van der Waals surface area contributed by atoms with Gasteiger partial charge in [0.1, 0.15) is 12.5 Å². The molecule has 3 nitrogen and oxygen atoms in total. The molecule has 0 fully saturated rings. The third kappa shape index (κ3) is 5.04. The number of hydrogen-bond donors (Lipinski definition) is 0. The summed E-state index contributed by atoms with van der Waals surface area (Å²) >= 11 is 0. The second-order valence-corrected chi connectivity index (χ2v) is 10.5. The molecule has 1 heterocycles. The van der Waals surface area contributed by atoms with E-state index in [0.29, 0.717) is 6.73 Å². The van der Waals surface area contributed by atoms with Crippen LogP contribution in [0.2, 0.25) is 25.7 Å². The molecule has 0 amide bonds. The van der Waals surface area contributed by atoms with E-state index in [0.717, 1.165) is 12.4 Å². The summed E-state index contributed by atoms with van der Waals surface area (Å²) in [6.07, 6.45) is 3.90. The normalized spacial score (nSPS) is 11.7. The van der Waals surface area contributed by atoms with Crippen LogP contribution in [0.1, 0.15) is 0 Å². The molecule has 4 heteroatoms. The molecule has 0 bridgehead atoms. The molecule has 1 rings (SSSR count). The molecule has 0 aliphatic carbocycles. The first-order valence-corrected chi connectivity index (χ1v) is 8.99. The molecule has 0 saturated carbocycles. The second kappa shape index (κ2) is 5.37. The number of aromatic nitrogens is 1. The van der Waals surface area contributed by atoms with Gasteiger partial charge in [-0.15, -0.1) is 0 Å². The number of ether oxygens (including phenoxy) is 2. The molecule has 86 valence electrons. The Morgan fingerprint density at radius 1 is 1.33 bits per heavy atom. The SMILES string of the molecule is COc1ccn(COCC[Si](C)(C)C)c1. The highest BCUT2D eigenvalue weighted by molar-refractivity contribution is 6.76. The minimum absolute atomic E-state index is 0.619. The summed E-state index contributed by atoms with van der Waals surface area (Å²) in [6, 6.07) is 3.15. The summed E-state index contributed by atoms with van der Waals surface area (Å²) in [5.74, 6) is 0.879. The van der Waals surface area contributed by atoms with Crippen LogP contribution < -0.4 is 4.74 Å². The molecule has 0 aliphatic rings. The summed E-state index contributed by atoms with van der Waals surface area (Å²) in [4.78, 5) is 0. The van der Waals surface area contributed by atoms with Crippen LogP contribution >= 0.6 is 0 Å². The van der Waals surface area contributed by atoms with Gasteiger partial charge in [-0.2, -0.15) is 0 Å². The van der Waals surface area contributed by atoms with Gasteiger partial charge < -0.3 is 14.0 Å². The van der Waals surface area contributed by atoms with Gasteiger partial charge in [0.2, 0.25) is 0 Å². The lowest BCUT2D eigenvalue weighted by molar-refractivity contribution is 0.0872. The van der Waals surface area contributed by atoms with Gasteiger partial charge in [0.05, 0.1) is 7.11 Å². The van der Waals surface area contributed by atoms with Crippen molar-refractivity contribution in [1.29, 1.82) is 0 Å². The smallest absolute Gasteiger partial charge is 0.136 e. The standard InChI is InChI=1S/C11H21NO2Si/c1-13-11-5-6-12(9-11)10-14-7-8-15(2,3)4/h5-6,9H,7-8,10H2,1-4H3. The molecule has 0 saturated heterocycles. The van der Waals surface area contributed by atoms with Crippen molar-refractivity contribution >= 4 is 8.07 Å². The molecule has 0 radical (unpaired) electrons. The number of hydrogen-bond acceptors (Lipinski definition) is 2. The van der Waals surface area contributed by atoms with Crippen LogP contribution in [0, 0.1) is 0 Å². The fraction of sp³-hybridized carbons (Fsp3) is 0.636. The van der Waals surface area contributed by atoms with E-state index in [9.17, 15) is 0 Å². The minimum atomic E-state index is -0.956. The summed E-state index contributed by atoms with van der Waals surface area (Å²) in [5, 5.41) is 0. The zero-order valence-corrected chi connectivity index (χ0v) is 11.1. The summed E-state index contributed by atoms with van der Waals surface area (Å²) < 4.78 is 12.7. The lowest BCUT2D eigenvalue weighted by Gasteiger charge is -2.15. The molecule has 0 aliphatic heterocycles. The molecule has 15 heavy (non-hydrogen) atoms. The van der Waals surface area contributed by atoms with Crippen LogP contribution in [0.3, 0.4) is 0 Å². The van der Waals surface area contributed by atoms with Crippen molar-refractivity contribution < 1.29 is 9.47 Å². The number of methoxy groups -OCH3 is 1. The predicted octanol–water partition coefficient (Wildman–Crippen LogP) is 2.81. The maximum absolute atomic E-state index is 5.60. The molecular weight excluding hydrogens is 206 g/mol. The third-order valence-corrected chi connectivity index (χ3v) is 3.90. The quantitative estimate of drug-likeness (QED) is 0.551. The second-order valence-electron chi connectivity index (χ2n) is 4.91. The molecule has 1 aromatic rings. The first-order chi connectivity index (χ1) is 7.01. The lowest BCUT2D eigenvalue weighted by Crippen LogP contribution is -2.21. The zero-order chi connectivity index (χ0) is 11.3. The predicted molar refractivity (Wildman–Crippen MR) is 65.1 cm³/mol. The van der Waals surface area contributed by atoms with Crippen molar-refractivity contribution in [1.82, 2.24) is 4.57 Å². The molecule has 0 aromatic carbocycles. The highest BCUT2D eigenvalue weighted by atomic mass is 28.3. The van der Waals surface area contributed by atoms with Gasteiger partial charge in [-0.05, 0) is 12.1 Å². The first kappa shape index (κ1) is 12.3. The van der Waals surface area contributed by atoms with Gasteiger partial charge >= 0.3 is 0 Å². The Kier molecular flexibility index (Phi) is 4.41. The first-order valence-electron chi connectivity index (χ1n) is 5.29. The summed E-state index contributed by atoms with van der Waals surface area (Å²) in [5.41, 5.74) is 0. The van der Waals surface area contributed by atoms with Crippen molar-refractivity contribution in [3.8, 4) is 5.75 Å². The fourth-order valence-electron chi connectivity index (χ4n) is 1.17. The minimum Gasteiger partial charge on any atom is -0.495 e. The molecule has 0 atom stereocenters. The van der Waals surface area contributed by atoms with Crippen molar-refractivity contribution in [3.05, 3.63) is 18.5 Å². The van der Waals surface area contributed by atoms with Crippen LogP contribution in [0.4, 0.5) is 0 Å². The number of nitrogens with zero attached hydrogens (tertiary/aromatic N) is 1. The van der Waals surface area contributed by atoms with Crippen LogP contribution in [0.15, 0.2) is 18.5 Å². The van der Waals surface area contributed by atoms with Crippen LogP contribution in [-0.4, -0.2) is 26.4 Å². The van der Waals surface area contributed by atoms with E-state index in [4.69, 9.17) is 9.47 Å². The lowest BCUT2D eigenvalue weighted by atomic mass is 10.6. The average Bonchev–Trinajstić information content (AvgIpc) is 2.59. The fourth-order valence-corrected chi connectivity index (χ4v) is 1.92. The monoisotopic (exact) mass is 227 g/mol. The Morgan fingerprint density at radius 2 is 2.07 bits per heavy atom. The van der Waals surface area contributed by atoms with E-state index in [2.05, 4.69) is 19.6 Å². The zero-order valence-electron chi connectivity index (χ0n) is 10.1. The van der Waals surface area contributed by atoms with Crippen LogP contribution in [-0.2, 0) is 11.5 Å². The molecule has 0 unspecified atom stereocenters. The Bertz CT molecular complexity index is 291. The van der Waals surface area contributed by atoms with E-state index < -0.39 is 8.07 Å². The molecule has 0 spiro atoms. The number of rotatable bonds is 6. The van der Waals surface area contributed by atoms with Gasteiger partial charge in [-0.3, -0.25) is 0 Å². The van der Waals surface area contributed by atoms with E-state index in [-0.39, 0.29) is 0 Å². The van der Waals surface area contributed by atoms with Crippen LogP contribution in [0.25, 0.3) is 0 Å². The van der Waals surface area contributed by atoms with E-state index in [1.165, 1.54) is 6.04 Å².